The standard InChI is InChI=1S/C18H22N2O/c1-14-9-11-16(12-10-14)20-18(17-8-5-13-21-17)19-15-6-3-2-4-7-15/h5,8-13,15H,2-4,6-7H2,1H3,(H,19,20). The van der Waals surface area contributed by atoms with Crippen LogP contribution in [0, 0.1) is 6.92 Å². The number of hydrogen-bond donors (Lipinski definition) is 1. The van der Waals surface area contributed by atoms with Gasteiger partial charge in [-0.3, -0.25) is 4.99 Å². The normalized spacial score (nSPS) is 16.9. The number of nitrogens with zero attached hydrogens (tertiary/aromatic N) is 1. The van der Waals surface area contributed by atoms with Crippen LogP contribution in [0.3, 0.4) is 0 Å². The molecule has 1 saturated carbocycles. The molecule has 2 aromatic rings. The minimum atomic E-state index is 0.414. The third-order valence-corrected chi connectivity index (χ3v) is 3.96. The molecule has 0 saturated heterocycles. The smallest absolute Gasteiger partial charge is 0.169 e. The maximum atomic E-state index is 5.54. The quantitative estimate of drug-likeness (QED) is 0.650. The lowest BCUT2D eigenvalue weighted by Gasteiger charge is -2.19. The van der Waals surface area contributed by atoms with E-state index in [1.54, 1.807) is 6.26 Å². The van der Waals surface area contributed by atoms with Gasteiger partial charge < -0.3 is 9.73 Å². The first-order valence-electron chi connectivity index (χ1n) is 7.76. The average Bonchev–Trinajstić information content (AvgIpc) is 3.04. The summed E-state index contributed by atoms with van der Waals surface area (Å²) in [5, 5.41) is 3.41. The van der Waals surface area contributed by atoms with Crippen LogP contribution < -0.4 is 5.32 Å². The molecule has 0 spiro atoms. The molecule has 1 aromatic heterocycles. The van der Waals surface area contributed by atoms with Gasteiger partial charge in [0, 0.05) is 5.69 Å². The van der Waals surface area contributed by atoms with Crippen molar-refractivity contribution in [1.29, 1.82) is 0 Å². The summed E-state index contributed by atoms with van der Waals surface area (Å²) >= 11 is 0. The van der Waals surface area contributed by atoms with E-state index in [1.165, 1.54) is 37.7 Å². The Bertz CT molecular complexity index is 578. The first kappa shape index (κ1) is 13.9. The van der Waals surface area contributed by atoms with E-state index < -0.39 is 0 Å². The van der Waals surface area contributed by atoms with E-state index in [2.05, 4.69) is 36.5 Å². The molecule has 0 radical (unpaired) electrons. The third-order valence-electron chi connectivity index (χ3n) is 3.96. The highest BCUT2D eigenvalue weighted by Gasteiger charge is 2.15. The fourth-order valence-electron chi connectivity index (χ4n) is 2.74. The van der Waals surface area contributed by atoms with Gasteiger partial charge in [0.05, 0.1) is 12.3 Å². The Morgan fingerprint density at radius 2 is 1.86 bits per heavy atom. The topological polar surface area (TPSA) is 37.5 Å². The lowest BCUT2D eigenvalue weighted by Crippen LogP contribution is -2.19. The van der Waals surface area contributed by atoms with Gasteiger partial charge in [0.1, 0.15) is 0 Å². The molecule has 110 valence electrons. The molecule has 1 fully saturated rings. The van der Waals surface area contributed by atoms with E-state index >= 15 is 0 Å². The van der Waals surface area contributed by atoms with Gasteiger partial charge in [-0.05, 0) is 44.0 Å². The van der Waals surface area contributed by atoms with Crippen LogP contribution in [0.2, 0.25) is 0 Å². The van der Waals surface area contributed by atoms with E-state index in [9.17, 15) is 0 Å². The Morgan fingerprint density at radius 3 is 2.52 bits per heavy atom. The highest BCUT2D eigenvalue weighted by Crippen LogP contribution is 2.22. The number of rotatable bonds is 3. The molecular weight excluding hydrogens is 260 g/mol. The van der Waals surface area contributed by atoms with Crippen molar-refractivity contribution < 1.29 is 4.42 Å². The summed E-state index contributed by atoms with van der Waals surface area (Å²) in [6, 6.07) is 12.6. The first-order chi connectivity index (χ1) is 10.3. The van der Waals surface area contributed by atoms with E-state index in [-0.39, 0.29) is 0 Å². The Kier molecular flexibility index (Phi) is 4.39. The zero-order chi connectivity index (χ0) is 14.5. The van der Waals surface area contributed by atoms with Crippen molar-refractivity contribution in [2.45, 2.75) is 45.1 Å². The number of benzene rings is 1. The highest BCUT2D eigenvalue weighted by atomic mass is 16.3. The first-order valence-corrected chi connectivity index (χ1v) is 7.76. The van der Waals surface area contributed by atoms with Gasteiger partial charge in [-0.15, -0.1) is 0 Å². The van der Waals surface area contributed by atoms with Crippen LogP contribution in [0.5, 0.6) is 0 Å². The molecule has 0 amide bonds. The molecule has 1 aliphatic carbocycles. The summed E-state index contributed by atoms with van der Waals surface area (Å²) in [6.07, 6.45) is 7.96. The molecule has 1 aromatic carbocycles. The number of aliphatic imine (C=N–C) groups is 1. The van der Waals surface area contributed by atoms with E-state index in [0.29, 0.717) is 6.04 Å². The molecule has 0 unspecified atom stereocenters. The van der Waals surface area contributed by atoms with Crippen LogP contribution in [0.15, 0.2) is 52.1 Å². The second-order valence-corrected chi connectivity index (χ2v) is 5.74. The third kappa shape index (κ3) is 3.75. The molecule has 1 aliphatic rings. The van der Waals surface area contributed by atoms with Crippen molar-refractivity contribution >= 4 is 11.5 Å². The molecule has 0 atom stereocenters. The van der Waals surface area contributed by atoms with Crippen molar-refractivity contribution in [3.63, 3.8) is 0 Å². The van der Waals surface area contributed by atoms with Gasteiger partial charge in [-0.25, -0.2) is 0 Å². The van der Waals surface area contributed by atoms with Gasteiger partial charge in [0.2, 0.25) is 0 Å². The second kappa shape index (κ2) is 6.61. The molecule has 3 rings (SSSR count). The SMILES string of the molecule is Cc1ccc(NC(=NC2CCCCC2)c2ccco2)cc1. The predicted molar refractivity (Wildman–Crippen MR) is 86.9 cm³/mol. The van der Waals surface area contributed by atoms with Crippen LogP contribution in [0.1, 0.15) is 43.4 Å². The maximum Gasteiger partial charge on any atom is 0.169 e. The van der Waals surface area contributed by atoms with Crippen molar-refractivity contribution in [2.24, 2.45) is 4.99 Å². The van der Waals surface area contributed by atoms with Gasteiger partial charge in [0.15, 0.2) is 11.6 Å². The Labute approximate surface area is 126 Å². The number of amidine groups is 1. The van der Waals surface area contributed by atoms with Crippen LogP contribution in [0.4, 0.5) is 5.69 Å². The summed E-state index contributed by atoms with van der Waals surface area (Å²) < 4.78 is 5.54. The number of nitrogens with one attached hydrogen (secondary N) is 1. The summed E-state index contributed by atoms with van der Waals surface area (Å²) in [6.45, 7) is 2.09. The largest absolute Gasteiger partial charge is 0.461 e. The fraction of sp³-hybridized carbons (Fsp3) is 0.389. The van der Waals surface area contributed by atoms with Crippen molar-refractivity contribution in [3.05, 3.63) is 54.0 Å². The van der Waals surface area contributed by atoms with Crippen LogP contribution in [0.25, 0.3) is 0 Å². The maximum absolute atomic E-state index is 5.54. The lowest BCUT2D eigenvalue weighted by atomic mass is 9.96. The molecule has 1 heterocycles. The van der Waals surface area contributed by atoms with Crippen molar-refractivity contribution in [3.8, 4) is 0 Å². The molecule has 0 bridgehead atoms. The second-order valence-electron chi connectivity index (χ2n) is 5.74. The fourth-order valence-corrected chi connectivity index (χ4v) is 2.74. The number of furan rings is 1. The molecular formula is C18H22N2O. The predicted octanol–water partition coefficient (Wildman–Crippen LogP) is 4.78. The number of aryl methyl sites for hydroxylation is 1. The average molecular weight is 282 g/mol. The summed E-state index contributed by atoms with van der Waals surface area (Å²) in [5.74, 6) is 1.65. The van der Waals surface area contributed by atoms with Crippen LogP contribution in [-0.4, -0.2) is 11.9 Å². The Hall–Kier alpha value is -2.03. The molecule has 3 nitrogen and oxygen atoms in total. The van der Waals surface area contributed by atoms with Gasteiger partial charge in [-0.2, -0.15) is 0 Å². The summed E-state index contributed by atoms with van der Waals surface area (Å²) in [4.78, 5) is 4.91. The van der Waals surface area contributed by atoms with E-state index in [4.69, 9.17) is 9.41 Å². The van der Waals surface area contributed by atoms with Crippen molar-refractivity contribution in [2.75, 3.05) is 5.32 Å². The van der Waals surface area contributed by atoms with Crippen molar-refractivity contribution in [1.82, 2.24) is 0 Å². The van der Waals surface area contributed by atoms with Gasteiger partial charge in [0.25, 0.3) is 0 Å². The molecule has 0 aliphatic heterocycles. The molecule has 1 N–H and O–H groups in total. The minimum absolute atomic E-state index is 0.414. The highest BCUT2D eigenvalue weighted by molar-refractivity contribution is 6.06. The summed E-state index contributed by atoms with van der Waals surface area (Å²) in [7, 11) is 0. The lowest BCUT2D eigenvalue weighted by molar-refractivity contribution is 0.442. The molecule has 3 heteroatoms. The molecule has 21 heavy (non-hydrogen) atoms. The number of anilines is 1. The van der Waals surface area contributed by atoms with E-state index in [0.717, 1.165) is 17.3 Å². The minimum Gasteiger partial charge on any atom is -0.461 e. The van der Waals surface area contributed by atoms with Crippen LogP contribution in [-0.2, 0) is 0 Å². The zero-order valence-electron chi connectivity index (χ0n) is 12.5. The summed E-state index contributed by atoms with van der Waals surface area (Å²) in [5.41, 5.74) is 2.30. The number of hydrogen-bond acceptors (Lipinski definition) is 2. The Morgan fingerprint density at radius 1 is 1.10 bits per heavy atom. The monoisotopic (exact) mass is 282 g/mol. The van der Waals surface area contributed by atoms with Gasteiger partial charge in [-0.1, -0.05) is 37.0 Å². The zero-order valence-corrected chi connectivity index (χ0v) is 12.5. The van der Waals surface area contributed by atoms with E-state index in [1.807, 2.05) is 12.1 Å². The Balaban J connectivity index is 1.82. The van der Waals surface area contributed by atoms with Gasteiger partial charge >= 0.3 is 0 Å². The van der Waals surface area contributed by atoms with Crippen LogP contribution >= 0.6 is 0 Å².